The van der Waals surface area contributed by atoms with Gasteiger partial charge >= 0.3 is 12.3 Å². The van der Waals surface area contributed by atoms with Crippen molar-refractivity contribution in [2.75, 3.05) is 6.54 Å². The molecule has 5 atom stereocenters. The minimum absolute atomic E-state index is 0.0187. The molecule has 3 amide bonds. The van der Waals surface area contributed by atoms with Crippen LogP contribution in [0.3, 0.4) is 0 Å². The zero-order valence-electron chi connectivity index (χ0n) is 24.8. The summed E-state index contributed by atoms with van der Waals surface area (Å²) in [4.78, 5) is 52.7. The Labute approximate surface area is 250 Å². The highest BCUT2D eigenvalue weighted by atomic mass is 31.2. The van der Waals surface area contributed by atoms with Crippen LogP contribution in [0.1, 0.15) is 76.8 Å². The zero-order chi connectivity index (χ0) is 31.8. The van der Waals surface area contributed by atoms with Gasteiger partial charge in [0, 0.05) is 12.5 Å². The number of alkyl carbamates (subject to hydrolysis) is 1. The first-order valence-electron chi connectivity index (χ1n) is 14.7. The van der Waals surface area contributed by atoms with E-state index in [2.05, 4.69) is 17.2 Å². The van der Waals surface area contributed by atoms with E-state index in [9.17, 15) is 37.0 Å². The van der Waals surface area contributed by atoms with Gasteiger partial charge in [-0.15, -0.1) is 6.58 Å². The topological polar surface area (TPSA) is 125 Å². The summed E-state index contributed by atoms with van der Waals surface area (Å²) in [6.07, 6.45) is -0.247. The molecule has 1 unspecified atom stereocenters. The standard InChI is InChI=1S/C30H41F3N3O6P/c1-5-20-17-29(20,43(40,41)18-19-10-8-11-21(16-19)30(31,32)33)35-25(37)23-14-9-15-36(23)26(38)24(28(2,3)4)34-27(39)42-22-12-6-7-13-22/h5,8,10-11,16,20,22-24H,1,6-7,9,12-15,17-18H2,2-4H3,(H,34,39)(H,35,37)(H,40,41)/t20-,23+,24-,29+/m1/s1. The second-order valence-electron chi connectivity index (χ2n) is 13.0. The van der Waals surface area contributed by atoms with Crippen LogP contribution in [0.4, 0.5) is 18.0 Å². The molecule has 1 aromatic carbocycles. The first-order valence-corrected chi connectivity index (χ1v) is 16.5. The van der Waals surface area contributed by atoms with E-state index >= 15 is 0 Å². The molecule has 0 bridgehead atoms. The van der Waals surface area contributed by atoms with Gasteiger partial charge in [0.15, 0.2) is 0 Å². The SMILES string of the molecule is C=C[C@@H]1C[C@]1(NC(=O)[C@@H]1CCCN1C(=O)[C@@H](NC(=O)OC1CCCC1)C(C)(C)C)P(=O)(O)Cc1cccc(C(F)(F)F)c1. The first-order chi connectivity index (χ1) is 20.0. The fraction of sp³-hybridized carbons (Fsp3) is 0.633. The molecular formula is C30H41F3N3O6P. The second-order valence-corrected chi connectivity index (χ2v) is 15.5. The second kappa shape index (κ2) is 12.3. The van der Waals surface area contributed by atoms with E-state index in [0.717, 1.165) is 37.8 Å². The van der Waals surface area contributed by atoms with E-state index in [-0.39, 0.29) is 24.6 Å². The lowest BCUT2D eigenvalue weighted by atomic mass is 9.85. The maximum absolute atomic E-state index is 13.8. The van der Waals surface area contributed by atoms with Crippen LogP contribution in [0.2, 0.25) is 0 Å². The fourth-order valence-electron chi connectivity index (χ4n) is 6.15. The number of carbonyl (C=O) groups excluding carboxylic acids is 3. The molecule has 4 rings (SSSR count). The number of rotatable bonds is 9. The van der Waals surface area contributed by atoms with Crippen molar-refractivity contribution in [3.8, 4) is 0 Å². The molecule has 0 spiro atoms. The minimum Gasteiger partial charge on any atom is -0.446 e. The highest BCUT2D eigenvalue weighted by molar-refractivity contribution is 7.59. The van der Waals surface area contributed by atoms with Crippen LogP contribution in [0.5, 0.6) is 0 Å². The van der Waals surface area contributed by atoms with Gasteiger partial charge in [0.05, 0.1) is 11.7 Å². The molecule has 1 aromatic rings. The van der Waals surface area contributed by atoms with E-state index in [1.54, 1.807) is 20.8 Å². The molecule has 2 aliphatic carbocycles. The zero-order valence-corrected chi connectivity index (χ0v) is 25.7. The number of hydrogen-bond donors (Lipinski definition) is 3. The first kappa shape index (κ1) is 33.1. The summed E-state index contributed by atoms with van der Waals surface area (Å²) in [6, 6.07) is 2.28. The number of amides is 3. The van der Waals surface area contributed by atoms with Gasteiger partial charge in [-0.25, -0.2) is 4.79 Å². The predicted molar refractivity (Wildman–Crippen MR) is 154 cm³/mol. The Morgan fingerprint density at radius 1 is 1.19 bits per heavy atom. The third kappa shape index (κ3) is 7.28. The number of carbonyl (C=O) groups is 3. The van der Waals surface area contributed by atoms with Gasteiger partial charge in [-0.1, -0.05) is 45.0 Å². The van der Waals surface area contributed by atoms with Crippen LogP contribution < -0.4 is 10.6 Å². The van der Waals surface area contributed by atoms with E-state index in [4.69, 9.17) is 4.74 Å². The maximum atomic E-state index is 13.8. The highest BCUT2D eigenvalue weighted by Gasteiger charge is 2.65. The van der Waals surface area contributed by atoms with Crippen LogP contribution in [0.25, 0.3) is 0 Å². The summed E-state index contributed by atoms with van der Waals surface area (Å²) < 4.78 is 59.0. The van der Waals surface area contributed by atoms with Crippen molar-refractivity contribution in [1.82, 2.24) is 15.5 Å². The Morgan fingerprint density at radius 3 is 2.44 bits per heavy atom. The molecular weight excluding hydrogens is 586 g/mol. The fourth-order valence-corrected chi connectivity index (χ4v) is 8.51. The van der Waals surface area contributed by atoms with Gasteiger partial charge in [0.1, 0.15) is 23.5 Å². The lowest BCUT2D eigenvalue weighted by molar-refractivity contribution is -0.142. The summed E-state index contributed by atoms with van der Waals surface area (Å²) in [5.41, 5.74) is -1.63. The Kier molecular flexibility index (Phi) is 9.43. The van der Waals surface area contributed by atoms with Crippen LogP contribution >= 0.6 is 7.37 Å². The van der Waals surface area contributed by atoms with Gasteiger partial charge < -0.3 is 25.2 Å². The van der Waals surface area contributed by atoms with Crippen molar-refractivity contribution in [3.05, 3.63) is 48.0 Å². The van der Waals surface area contributed by atoms with Gasteiger partial charge in [0.2, 0.25) is 19.2 Å². The number of halogens is 3. The van der Waals surface area contributed by atoms with Crippen molar-refractivity contribution >= 4 is 25.3 Å². The summed E-state index contributed by atoms with van der Waals surface area (Å²) >= 11 is 0. The number of nitrogens with one attached hydrogen (secondary N) is 2. The lowest BCUT2D eigenvalue weighted by Gasteiger charge is -2.36. The van der Waals surface area contributed by atoms with Crippen molar-refractivity contribution in [1.29, 1.82) is 0 Å². The molecule has 3 aliphatic rings. The Balaban J connectivity index is 1.50. The van der Waals surface area contributed by atoms with Crippen LogP contribution in [-0.4, -0.2) is 57.7 Å². The molecule has 0 radical (unpaired) electrons. The third-order valence-electron chi connectivity index (χ3n) is 8.67. The molecule has 3 N–H and O–H groups in total. The van der Waals surface area contributed by atoms with E-state index in [1.165, 1.54) is 23.1 Å². The lowest BCUT2D eigenvalue weighted by Crippen LogP contribution is -2.58. The van der Waals surface area contributed by atoms with E-state index < -0.39 is 71.9 Å². The molecule has 0 aromatic heterocycles. The Hall–Kier alpha value is -2.85. The van der Waals surface area contributed by atoms with Gasteiger partial charge in [-0.3, -0.25) is 14.2 Å². The van der Waals surface area contributed by atoms with Crippen molar-refractivity contribution < 1.29 is 41.8 Å². The quantitative estimate of drug-likeness (QED) is 0.243. The largest absolute Gasteiger partial charge is 0.446 e. The molecule has 3 fully saturated rings. The predicted octanol–water partition coefficient (Wildman–Crippen LogP) is 5.57. The average Bonchev–Trinajstić information content (AvgIpc) is 3.23. The van der Waals surface area contributed by atoms with Gasteiger partial charge in [-0.2, -0.15) is 13.2 Å². The number of nitrogens with zero attached hydrogens (tertiary/aromatic N) is 1. The molecule has 1 heterocycles. The highest BCUT2D eigenvalue weighted by Crippen LogP contribution is 2.70. The van der Waals surface area contributed by atoms with E-state index in [0.29, 0.717) is 12.8 Å². The maximum Gasteiger partial charge on any atom is 0.416 e. The normalized spacial score (nSPS) is 26.3. The van der Waals surface area contributed by atoms with Gasteiger partial charge in [-0.05, 0) is 62.0 Å². The smallest absolute Gasteiger partial charge is 0.416 e. The van der Waals surface area contributed by atoms with E-state index in [1.807, 2.05) is 0 Å². The van der Waals surface area contributed by atoms with Gasteiger partial charge in [0.25, 0.3) is 0 Å². The molecule has 1 aliphatic heterocycles. The Bertz CT molecular complexity index is 1290. The van der Waals surface area contributed by atoms with Crippen LogP contribution in [0.15, 0.2) is 36.9 Å². The molecule has 2 saturated carbocycles. The molecule has 9 nitrogen and oxygen atoms in total. The Morgan fingerprint density at radius 2 is 1.86 bits per heavy atom. The summed E-state index contributed by atoms with van der Waals surface area (Å²) in [5.74, 6) is -1.66. The number of benzene rings is 1. The van der Waals surface area contributed by atoms with Crippen molar-refractivity contribution in [2.24, 2.45) is 11.3 Å². The average molecular weight is 628 g/mol. The number of ether oxygens (including phenoxy) is 1. The summed E-state index contributed by atoms with van der Waals surface area (Å²) in [7, 11) is -4.32. The summed E-state index contributed by atoms with van der Waals surface area (Å²) in [5, 5.41) is 3.81. The molecule has 13 heteroatoms. The van der Waals surface area contributed by atoms with Crippen molar-refractivity contribution in [3.63, 3.8) is 0 Å². The molecule has 43 heavy (non-hydrogen) atoms. The minimum atomic E-state index is -4.62. The summed E-state index contributed by atoms with van der Waals surface area (Å²) in [6.45, 7) is 9.33. The number of likely N-dealkylation sites (tertiary alicyclic amines) is 1. The van der Waals surface area contributed by atoms with Crippen LogP contribution in [0, 0.1) is 11.3 Å². The number of hydrogen-bond acceptors (Lipinski definition) is 5. The molecule has 238 valence electrons. The van der Waals surface area contributed by atoms with Crippen molar-refractivity contribution in [2.45, 2.75) is 102 Å². The monoisotopic (exact) mass is 627 g/mol. The molecule has 1 saturated heterocycles. The van der Waals surface area contributed by atoms with Crippen LogP contribution in [-0.2, 0) is 31.2 Å². The number of alkyl halides is 3. The third-order valence-corrected chi connectivity index (χ3v) is 11.3.